The first-order valence-corrected chi connectivity index (χ1v) is 4.24. The molecule has 2 heteroatoms. The maximum atomic E-state index is 2.17. The van der Waals surface area contributed by atoms with Crippen LogP contribution in [0.5, 0.6) is 0 Å². The van der Waals surface area contributed by atoms with Gasteiger partial charge in [-0.2, -0.15) is 0 Å². The average molecular weight is 277 g/mol. The molecule has 0 amide bonds. The molecule has 0 N–H and O–H groups in total. The Hall–Kier alpha value is 0.298. The van der Waals surface area contributed by atoms with E-state index in [1.165, 1.54) is 0 Å². The van der Waals surface area contributed by atoms with Gasteiger partial charge in [-0.15, -0.1) is 18.5 Å². The summed E-state index contributed by atoms with van der Waals surface area (Å²) in [5, 5.41) is 0. The van der Waals surface area contributed by atoms with Crippen LogP contribution in [0.25, 0.3) is 0 Å². The molecule has 1 aliphatic rings. The van der Waals surface area contributed by atoms with Gasteiger partial charge in [-0.3, -0.25) is 11.9 Å². The molecule has 1 aliphatic carbocycles. The van der Waals surface area contributed by atoms with E-state index in [1.807, 2.05) is 38.2 Å². The summed E-state index contributed by atoms with van der Waals surface area (Å²) in [6.07, 6.45) is 10.6. The first-order valence-electron chi connectivity index (χ1n) is 4.24. The van der Waals surface area contributed by atoms with Crippen LogP contribution in [0.15, 0.2) is 30.1 Å². The molecule has 2 rings (SSSR count). The molecular formula is C13H19BZr+. The zero-order chi connectivity index (χ0) is 8.65. The fraction of sp³-hybridized carbons (Fsp3) is 0.0769. The molecule has 0 aromatic carbocycles. The van der Waals surface area contributed by atoms with Gasteiger partial charge in [-0.1, -0.05) is 6.07 Å². The molecule has 5 radical (unpaired) electrons. The van der Waals surface area contributed by atoms with Crippen molar-refractivity contribution in [3.8, 4) is 0 Å². The van der Waals surface area contributed by atoms with Gasteiger partial charge in [-0.05, 0) is 32.1 Å². The van der Waals surface area contributed by atoms with Gasteiger partial charge in [0, 0.05) is 0 Å². The number of hydrogen-bond donors (Lipinski definition) is 0. The Morgan fingerprint density at radius 2 is 1.00 bits per heavy atom. The van der Waals surface area contributed by atoms with Crippen molar-refractivity contribution in [2.45, 2.75) is 0 Å². The Morgan fingerprint density at radius 1 is 0.667 bits per heavy atom. The first-order chi connectivity index (χ1) is 5.89. The van der Waals surface area contributed by atoms with Crippen molar-refractivity contribution in [2.75, 3.05) is 0 Å². The second-order valence-electron chi connectivity index (χ2n) is 2.78. The van der Waals surface area contributed by atoms with E-state index in [-0.39, 0.29) is 41.1 Å². The molecular weight excluding hydrogens is 258 g/mol. The average Bonchev–Trinajstić information content (AvgIpc) is 2.62. The minimum atomic E-state index is 0. The fourth-order valence-electron chi connectivity index (χ4n) is 0.928. The monoisotopic (exact) mass is 276 g/mol. The van der Waals surface area contributed by atoms with Crippen LogP contribution in [0.1, 0.15) is 0 Å². The Bertz CT molecular complexity index is 187. The van der Waals surface area contributed by atoms with Crippen molar-refractivity contribution in [3.63, 3.8) is 0 Å². The standard InChI is InChI=1S/C6H8B.C5H5.2CH3.Zr/c1-7-5-3-2-4-6-7;1-2-4-5-3-1;;;/h2-6H,1H3;1-5H;2*1H3;/q-1;;2*-1;+4. The predicted molar refractivity (Wildman–Crippen MR) is 67.7 cm³/mol. The molecule has 0 saturated heterocycles. The van der Waals surface area contributed by atoms with Crippen LogP contribution in [-0.2, 0) is 33.0 Å². The van der Waals surface area contributed by atoms with Gasteiger partial charge in [0.25, 0.3) is 0 Å². The van der Waals surface area contributed by atoms with Gasteiger partial charge in [-0.25, -0.2) is 6.82 Å². The molecule has 0 spiro atoms. The number of rotatable bonds is 0. The van der Waals surface area contributed by atoms with E-state index in [0.717, 1.165) is 0 Å². The van der Waals surface area contributed by atoms with Crippen LogP contribution in [0, 0.1) is 47.0 Å². The predicted octanol–water partition coefficient (Wildman–Crippen LogP) is 3.17. The summed E-state index contributed by atoms with van der Waals surface area (Å²) in [5.41, 5.74) is 0. The molecule has 1 heterocycles. The van der Waals surface area contributed by atoms with Gasteiger partial charge in [0.15, 0.2) is 0 Å². The second kappa shape index (κ2) is 14.3. The molecule has 1 saturated carbocycles. The normalized spacial score (nSPS) is 12.1. The van der Waals surface area contributed by atoms with Crippen molar-refractivity contribution >= 4 is 6.34 Å². The van der Waals surface area contributed by atoms with Crippen LogP contribution in [0.4, 0.5) is 0 Å². The Morgan fingerprint density at radius 3 is 1.20 bits per heavy atom. The molecule has 1 fully saturated rings. The summed E-state index contributed by atoms with van der Waals surface area (Å²) in [7, 11) is 0. The third-order valence-electron chi connectivity index (χ3n) is 1.61. The van der Waals surface area contributed by atoms with E-state index in [2.05, 4.69) is 30.9 Å². The van der Waals surface area contributed by atoms with E-state index in [4.69, 9.17) is 0 Å². The van der Waals surface area contributed by atoms with Crippen LogP contribution in [0.2, 0.25) is 0 Å². The first kappa shape index (κ1) is 20.7. The number of aryl methyl sites for hydroxylation is 1. The molecule has 1 aromatic rings. The topological polar surface area (TPSA) is 0 Å². The van der Waals surface area contributed by atoms with Gasteiger partial charge >= 0.3 is 26.2 Å². The third kappa shape index (κ3) is 12.2. The zero-order valence-electron chi connectivity index (χ0n) is 9.85. The summed E-state index contributed by atoms with van der Waals surface area (Å²) in [4.78, 5) is 0. The summed E-state index contributed by atoms with van der Waals surface area (Å²) in [6.45, 7) is 2.17. The maximum absolute atomic E-state index is 2.17. The van der Waals surface area contributed by atoms with Gasteiger partial charge < -0.3 is 14.9 Å². The summed E-state index contributed by atoms with van der Waals surface area (Å²) in [5.74, 6) is 4.33. The summed E-state index contributed by atoms with van der Waals surface area (Å²) < 4.78 is 0. The minimum Gasteiger partial charge on any atom is -0.358 e. The van der Waals surface area contributed by atoms with Crippen LogP contribution in [-0.4, -0.2) is 6.34 Å². The van der Waals surface area contributed by atoms with Gasteiger partial charge in [0.2, 0.25) is 0 Å². The van der Waals surface area contributed by atoms with Crippen molar-refractivity contribution in [1.29, 1.82) is 0 Å². The molecule has 1 aromatic heterocycles. The van der Waals surface area contributed by atoms with Crippen molar-refractivity contribution in [2.24, 2.45) is 6.82 Å². The Balaban J connectivity index is -0.000000165. The van der Waals surface area contributed by atoms with E-state index in [0.29, 0.717) is 6.34 Å². The molecule has 0 nitrogen and oxygen atoms in total. The second-order valence-corrected chi connectivity index (χ2v) is 2.78. The van der Waals surface area contributed by atoms with Gasteiger partial charge in [0.1, 0.15) is 0 Å². The van der Waals surface area contributed by atoms with Crippen LogP contribution >= 0.6 is 0 Å². The largest absolute Gasteiger partial charge is 4.00 e. The molecule has 0 unspecified atom stereocenters. The fourth-order valence-corrected chi connectivity index (χ4v) is 0.928. The van der Waals surface area contributed by atoms with E-state index in [9.17, 15) is 0 Å². The smallest absolute Gasteiger partial charge is 0.358 e. The molecule has 0 aliphatic heterocycles. The molecule has 77 valence electrons. The number of hydrogen-bond acceptors (Lipinski definition) is 0. The summed E-state index contributed by atoms with van der Waals surface area (Å²) >= 11 is 0. The quantitative estimate of drug-likeness (QED) is 0.639. The van der Waals surface area contributed by atoms with Crippen molar-refractivity contribution in [3.05, 3.63) is 77.1 Å². The van der Waals surface area contributed by atoms with Crippen LogP contribution < -0.4 is 0 Å². The van der Waals surface area contributed by atoms with E-state index >= 15 is 0 Å². The minimum absolute atomic E-state index is 0. The molecule has 0 atom stereocenters. The molecule has 0 bridgehead atoms. The van der Waals surface area contributed by atoms with E-state index < -0.39 is 0 Å². The van der Waals surface area contributed by atoms with E-state index in [1.54, 1.807) is 0 Å². The van der Waals surface area contributed by atoms with Crippen LogP contribution in [0.3, 0.4) is 0 Å². The summed E-state index contributed by atoms with van der Waals surface area (Å²) in [6, 6.07) is 6.19. The Kier molecular flexibility index (Phi) is 19.7. The third-order valence-corrected chi connectivity index (χ3v) is 1.61. The SMILES string of the molecule is C[b-]1ccccc1.[CH3-].[CH3-].[CH]1[CH][CH][CH][CH]1.[Zr+4]. The van der Waals surface area contributed by atoms with Gasteiger partial charge in [0.05, 0.1) is 0 Å². The van der Waals surface area contributed by atoms with Crippen molar-refractivity contribution in [1.82, 2.24) is 0 Å². The Labute approximate surface area is 116 Å². The molecule has 15 heavy (non-hydrogen) atoms. The maximum Gasteiger partial charge on any atom is 4.00 e. The van der Waals surface area contributed by atoms with Crippen molar-refractivity contribution < 1.29 is 26.2 Å². The zero-order valence-corrected chi connectivity index (χ0v) is 12.3.